The molecule has 4 heteroatoms. The van der Waals surface area contributed by atoms with E-state index in [4.69, 9.17) is 10.2 Å². The van der Waals surface area contributed by atoms with Crippen LogP contribution in [0.1, 0.15) is 6.92 Å². The van der Waals surface area contributed by atoms with Crippen LogP contribution in [-0.2, 0) is 4.79 Å². The molecule has 1 unspecified atom stereocenters. The second-order valence-electron chi connectivity index (χ2n) is 1.01. The van der Waals surface area contributed by atoms with E-state index < -0.39 is 12.1 Å². The van der Waals surface area contributed by atoms with Gasteiger partial charge in [0.15, 0.2) is 0 Å². The summed E-state index contributed by atoms with van der Waals surface area (Å²) in [6.45, 7) is 1.20. The minimum atomic E-state index is -1.23. The molecule has 0 aromatic heterocycles. The van der Waals surface area contributed by atoms with Crippen LogP contribution in [0, 0.1) is 0 Å². The maximum absolute atomic E-state index is 9.45. The second-order valence-corrected chi connectivity index (χ2v) is 1.01. The van der Waals surface area contributed by atoms with Crippen LogP contribution in [0.5, 0.6) is 0 Å². The first-order chi connectivity index (χ1) is 2.64. The van der Waals surface area contributed by atoms with Gasteiger partial charge in [0.1, 0.15) is 6.10 Å². The van der Waals surface area contributed by atoms with Gasteiger partial charge in [-0.25, -0.2) is 4.79 Å². The van der Waals surface area contributed by atoms with Gasteiger partial charge in [0, 0.05) is 0 Å². The van der Waals surface area contributed by atoms with Crippen LogP contribution in [0.4, 0.5) is 0 Å². The zero-order chi connectivity index (χ0) is 5.15. The third kappa shape index (κ3) is 6.35. The molecule has 0 amide bonds. The number of rotatable bonds is 1. The van der Waals surface area contributed by atoms with Crippen molar-refractivity contribution in [2.24, 2.45) is 0 Å². The monoisotopic (exact) mass is 299 g/mol. The van der Waals surface area contributed by atoms with E-state index in [1.165, 1.54) is 6.92 Å². The van der Waals surface area contributed by atoms with Crippen molar-refractivity contribution in [3.63, 3.8) is 0 Å². The molecule has 0 heterocycles. The normalized spacial score (nSPS) is 11.7. The summed E-state index contributed by atoms with van der Waals surface area (Å²) in [6.07, 6.45) is -1.23. The van der Waals surface area contributed by atoms with Crippen LogP contribution in [-0.4, -0.2) is 49.6 Å². The molecule has 41 valence electrons. The van der Waals surface area contributed by atoms with E-state index in [1.54, 1.807) is 0 Å². The van der Waals surface area contributed by atoms with E-state index in [2.05, 4.69) is 0 Å². The van der Waals surface area contributed by atoms with Crippen LogP contribution >= 0.6 is 0 Å². The Balaban J connectivity index is 0. The fourth-order valence-electron chi connectivity index (χ4n) is 0. The first-order valence-electron chi connectivity index (χ1n) is 1.55. The Labute approximate surface area is 61.5 Å². The molecule has 3 nitrogen and oxygen atoms in total. The molecule has 7 heavy (non-hydrogen) atoms. The van der Waals surface area contributed by atoms with Gasteiger partial charge in [0.25, 0.3) is 0 Å². The van der Waals surface area contributed by atoms with Crippen LogP contribution in [0.15, 0.2) is 0 Å². The number of aliphatic carboxylic acids is 1. The molecule has 0 aromatic carbocycles. The summed E-state index contributed by atoms with van der Waals surface area (Å²) in [4.78, 5) is 9.45. The number of aliphatic hydroxyl groups excluding tert-OH is 1. The Hall–Kier alpha value is 0.352. The van der Waals surface area contributed by atoms with Gasteiger partial charge in [0.05, 0.1) is 0 Å². The van der Waals surface area contributed by atoms with Crippen molar-refractivity contribution in [3.8, 4) is 0 Å². The van der Waals surface area contributed by atoms with Gasteiger partial charge in [-0.05, 0) is 6.92 Å². The fraction of sp³-hybridized carbons (Fsp3) is 0.667. The summed E-state index contributed by atoms with van der Waals surface area (Å²) in [5, 5.41) is 15.8. The van der Waals surface area contributed by atoms with Crippen LogP contribution in [0.3, 0.4) is 0 Å². The van der Waals surface area contributed by atoms with E-state index in [-0.39, 0.29) is 27.3 Å². The Morgan fingerprint density at radius 2 is 1.86 bits per heavy atom. The molecular formula is C3H7O3Pb. The van der Waals surface area contributed by atoms with Gasteiger partial charge in [-0.3, -0.25) is 0 Å². The number of carboxylic acid groups (broad SMARTS) is 1. The molecule has 0 saturated heterocycles. The molecule has 0 bridgehead atoms. The molecule has 0 rings (SSSR count). The number of carboxylic acids is 1. The van der Waals surface area contributed by atoms with Crippen molar-refractivity contribution < 1.29 is 15.0 Å². The molecule has 0 spiro atoms. The van der Waals surface area contributed by atoms with Gasteiger partial charge in [-0.2, -0.15) is 0 Å². The van der Waals surface area contributed by atoms with Crippen LogP contribution in [0.2, 0.25) is 0 Å². The standard InChI is InChI=1S/C3H6O3.Pb.H/c1-2(4)3(5)6;;/h2,4H,1H3,(H,5,6);;. The van der Waals surface area contributed by atoms with Crippen molar-refractivity contribution >= 4 is 33.3 Å². The fourth-order valence-corrected chi connectivity index (χ4v) is 0. The summed E-state index contributed by atoms with van der Waals surface area (Å²) < 4.78 is 0. The summed E-state index contributed by atoms with van der Waals surface area (Å²) in [5.74, 6) is -1.19. The quantitative estimate of drug-likeness (QED) is 0.598. The summed E-state index contributed by atoms with van der Waals surface area (Å²) in [6, 6.07) is 0. The SMILES string of the molecule is CC(O)C(=O)O.[PbH]. The molecular weight excluding hydrogens is 291 g/mol. The Bertz CT molecular complexity index is 61.2. The zero-order valence-corrected chi connectivity index (χ0v) is 8.45. The first kappa shape index (κ1) is 10.4. The predicted molar refractivity (Wildman–Crippen MR) is 26.5 cm³/mol. The zero-order valence-electron chi connectivity index (χ0n) is 3.96. The number of carbonyl (C=O) groups is 1. The van der Waals surface area contributed by atoms with E-state index in [1.807, 2.05) is 0 Å². The summed E-state index contributed by atoms with van der Waals surface area (Å²) in [7, 11) is 0. The minimum absolute atomic E-state index is 0. The predicted octanol–water partition coefficient (Wildman–Crippen LogP) is -1.20. The molecule has 2 N–H and O–H groups in total. The van der Waals surface area contributed by atoms with Crippen molar-refractivity contribution in [2.75, 3.05) is 0 Å². The van der Waals surface area contributed by atoms with Gasteiger partial charge in [0.2, 0.25) is 0 Å². The van der Waals surface area contributed by atoms with E-state index in [0.717, 1.165) is 0 Å². The van der Waals surface area contributed by atoms with Gasteiger partial charge in [-0.1, -0.05) is 0 Å². The average Bonchev–Trinajstić information content (AvgIpc) is 1.36. The molecule has 0 aliphatic carbocycles. The Kier molecular flexibility index (Phi) is 6.67. The molecule has 0 aliphatic heterocycles. The van der Waals surface area contributed by atoms with Crippen molar-refractivity contribution in [3.05, 3.63) is 0 Å². The molecule has 0 saturated carbocycles. The first-order valence-corrected chi connectivity index (χ1v) is 1.55. The molecule has 3 radical (unpaired) electrons. The van der Waals surface area contributed by atoms with Crippen molar-refractivity contribution in [2.45, 2.75) is 13.0 Å². The van der Waals surface area contributed by atoms with Gasteiger partial charge >= 0.3 is 33.3 Å². The maximum atomic E-state index is 9.45. The molecule has 1 atom stereocenters. The topological polar surface area (TPSA) is 57.5 Å². The van der Waals surface area contributed by atoms with E-state index in [9.17, 15) is 4.79 Å². The Morgan fingerprint density at radius 1 is 1.71 bits per heavy atom. The van der Waals surface area contributed by atoms with Gasteiger partial charge in [-0.15, -0.1) is 0 Å². The number of aliphatic hydroxyl groups is 1. The van der Waals surface area contributed by atoms with Crippen LogP contribution < -0.4 is 0 Å². The molecule has 0 fully saturated rings. The van der Waals surface area contributed by atoms with Crippen LogP contribution in [0.25, 0.3) is 0 Å². The van der Waals surface area contributed by atoms with Crippen molar-refractivity contribution in [1.82, 2.24) is 0 Å². The van der Waals surface area contributed by atoms with Gasteiger partial charge < -0.3 is 10.2 Å². The Morgan fingerprint density at radius 3 is 1.86 bits per heavy atom. The van der Waals surface area contributed by atoms with E-state index >= 15 is 0 Å². The third-order valence-electron chi connectivity index (χ3n) is 0.357. The average molecular weight is 298 g/mol. The van der Waals surface area contributed by atoms with E-state index in [0.29, 0.717) is 0 Å². The third-order valence-corrected chi connectivity index (χ3v) is 0.357. The summed E-state index contributed by atoms with van der Waals surface area (Å²) >= 11 is 0. The number of hydrogen-bond donors (Lipinski definition) is 2. The molecule has 0 aliphatic rings. The second kappa shape index (κ2) is 4.51. The molecule has 0 aromatic rings. The number of hydrogen-bond acceptors (Lipinski definition) is 2. The van der Waals surface area contributed by atoms with Crippen molar-refractivity contribution in [1.29, 1.82) is 0 Å². The summed E-state index contributed by atoms with van der Waals surface area (Å²) in [5.41, 5.74) is 0.